The lowest BCUT2D eigenvalue weighted by Crippen LogP contribution is -2.30. The quantitative estimate of drug-likeness (QED) is 0.0261. The minimum absolute atomic E-state index is 0.0692. The highest BCUT2D eigenvalue weighted by atomic mass is 16.6. The van der Waals surface area contributed by atoms with Gasteiger partial charge in [-0.05, 0) is 70.6 Å². The predicted octanol–water partition coefficient (Wildman–Crippen LogP) is 21.8. The van der Waals surface area contributed by atoms with E-state index < -0.39 is 6.10 Å². The Morgan fingerprint density at radius 1 is 0.264 bits per heavy atom. The average molecular weight is 1010 g/mol. The summed E-state index contributed by atoms with van der Waals surface area (Å²) in [6.45, 7) is 6.68. The monoisotopic (exact) mass is 1010 g/mol. The second-order valence-corrected chi connectivity index (χ2v) is 22.0. The SMILES string of the molecule is CCCCCC/C=C\CCCCCCCC(=O)OCC(COC(=O)CCCCCCCCCCCCC/C=C\CCCCCCCCCC)OC(=O)CCCCCCCCCCCCCCCCCCCC. The van der Waals surface area contributed by atoms with Crippen molar-refractivity contribution in [3.63, 3.8) is 0 Å². The van der Waals surface area contributed by atoms with E-state index in [2.05, 4.69) is 45.1 Å². The molecule has 0 heterocycles. The lowest BCUT2D eigenvalue weighted by atomic mass is 10.0. The topological polar surface area (TPSA) is 78.9 Å². The molecule has 0 aromatic carbocycles. The number of allylic oxidation sites excluding steroid dienone is 4. The Morgan fingerprint density at radius 3 is 0.708 bits per heavy atom. The van der Waals surface area contributed by atoms with Gasteiger partial charge in [-0.2, -0.15) is 0 Å². The lowest BCUT2D eigenvalue weighted by molar-refractivity contribution is -0.167. The van der Waals surface area contributed by atoms with Crippen LogP contribution in [0.5, 0.6) is 0 Å². The first-order valence-electron chi connectivity index (χ1n) is 32.3. The molecule has 1 unspecified atom stereocenters. The second-order valence-electron chi connectivity index (χ2n) is 22.0. The number of carbonyl (C=O) groups is 3. The molecule has 0 aliphatic carbocycles. The fourth-order valence-corrected chi connectivity index (χ4v) is 9.79. The van der Waals surface area contributed by atoms with Gasteiger partial charge in [0.25, 0.3) is 0 Å². The lowest BCUT2D eigenvalue weighted by Gasteiger charge is -2.18. The maximum atomic E-state index is 12.9. The Hall–Kier alpha value is -2.11. The van der Waals surface area contributed by atoms with Gasteiger partial charge in [0, 0.05) is 19.3 Å². The van der Waals surface area contributed by atoms with Crippen LogP contribution < -0.4 is 0 Å². The van der Waals surface area contributed by atoms with Crippen LogP contribution in [0.4, 0.5) is 0 Å². The summed E-state index contributed by atoms with van der Waals surface area (Å²) >= 11 is 0. The number of ether oxygens (including phenoxy) is 3. The number of carbonyl (C=O) groups excluding carboxylic acids is 3. The Kier molecular flexibility index (Phi) is 59.6. The summed E-state index contributed by atoms with van der Waals surface area (Å²) in [4.78, 5) is 38.3. The van der Waals surface area contributed by atoms with Gasteiger partial charge in [-0.1, -0.05) is 295 Å². The smallest absolute Gasteiger partial charge is 0.306 e. The molecule has 0 aliphatic rings. The van der Waals surface area contributed by atoms with Crippen LogP contribution in [-0.4, -0.2) is 37.2 Å². The van der Waals surface area contributed by atoms with E-state index in [1.165, 1.54) is 257 Å². The average Bonchev–Trinajstić information content (AvgIpc) is 3.38. The van der Waals surface area contributed by atoms with Gasteiger partial charge in [-0.15, -0.1) is 0 Å². The third-order valence-electron chi connectivity index (χ3n) is 14.7. The van der Waals surface area contributed by atoms with Crippen molar-refractivity contribution in [2.75, 3.05) is 13.2 Å². The van der Waals surface area contributed by atoms with E-state index in [0.717, 1.165) is 64.2 Å². The minimum atomic E-state index is -0.771. The molecule has 72 heavy (non-hydrogen) atoms. The van der Waals surface area contributed by atoms with E-state index >= 15 is 0 Å². The summed E-state index contributed by atoms with van der Waals surface area (Å²) in [6, 6.07) is 0. The third kappa shape index (κ3) is 58.8. The first-order chi connectivity index (χ1) is 35.5. The number of unbranched alkanes of at least 4 members (excludes halogenated alkanes) is 45. The zero-order valence-corrected chi connectivity index (χ0v) is 48.7. The van der Waals surface area contributed by atoms with Crippen molar-refractivity contribution in [1.82, 2.24) is 0 Å². The molecule has 0 saturated carbocycles. The summed E-state index contributed by atoms with van der Waals surface area (Å²) in [5.41, 5.74) is 0. The van der Waals surface area contributed by atoms with Crippen LogP contribution in [0.2, 0.25) is 0 Å². The summed E-state index contributed by atoms with van der Waals surface area (Å²) in [7, 11) is 0. The normalized spacial score (nSPS) is 12.1. The van der Waals surface area contributed by atoms with Gasteiger partial charge in [-0.25, -0.2) is 0 Å². The molecule has 0 aromatic rings. The van der Waals surface area contributed by atoms with Crippen LogP contribution >= 0.6 is 0 Å². The number of hydrogen-bond donors (Lipinski definition) is 0. The Balaban J connectivity index is 4.26. The molecule has 0 bridgehead atoms. The zero-order valence-electron chi connectivity index (χ0n) is 48.7. The maximum absolute atomic E-state index is 12.9. The standard InChI is InChI=1S/C66H124O6/c1-4-7-10-13-16-19-22-25-27-29-31-32-33-34-35-37-38-41-44-47-50-53-56-59-65(68)71-62-63(61-70-64(67)58-55-52-49-46-43-40-24-21-18-15-12-9-6-3)72-66(69)60-57-54-51-48-45-42-39-36-30-28-26-23-20-17-14-11-8-5-2/h21,24,29,31,63H,4-20,22-23,25-28,30,32-62H2,1-3H3/b24-21-,31-29-. The minimum Gasteiger partial charge on any atom is -0.462 e. The van der Waals surface area contributed by atoms with Crippen LogP contribution in [0.1, 0.15) is 361 Å². The number of rotatable bonds is 60. The Labute approximate surface area is 449 Å². The molecule has 0 amide bonds. The molecule has 0 aromatic heterocycles. The van der Waals surface area contributed by atoms with Crippen molar-refractivity contribution < 1.29 is 28.6 Å². The van der Waals surface area contributed by atoms with Gasteiger partial charge in [-0.3, -0.25) is 14.4 Å². The van der Waals surface area contributed by atoms with Crippen LogP contribution in [0.15, 0.2) is 24.3 Å². The first kappa shape index (κ1) is 69.9. The van der Waals surface area contributed by atoms with Crippen molar-refractivity contribution in [2.24, 2.45) is 0 Å². The molecule has 1 atom stereocenters. The number of esters is 3. The zero-order chi connectivity index (χ0) is 52.2. The summed E-state index contributed by atoms with van der Waals surface area (Å²) in [6.07, 6.45) is 73.3. The first-order valence-corrected chi connectivity index (χ1v) is 32.3. The largest absolute Gasteiger partial charge is 0.462 e. The molecule has 424 valence electrons. The molecule has 0 fully saturated rings. The molecule has 0 aliphatic heterocycles. The summed E-state index contributed by atoms with van der Waals surface area (Å²) in [5, 5.41) is 0. The Morgan fingerprint density at radius 2 is 0.458 bits per heavy atom. The molecule has 0 spiro atoms. The van der Waals surface area contributed by atoms with Crippen molar-refractivity contribution >= 4 is 17.9 Å². The second kappa shape index (κ2) is 61.4. The van der Waals surface area contributed by atoms with Crippen molar-refractivity contribution in [3.8, 4) is 0 Å². The molecular weight excluding hydrogens is 889 g/mol. The summed E-state index contributed by atoms with van der Waals surface area (Å²) < 4.78 is 16.9. The molecule has 0 saturated heterocycles. The Bertz CT molecular complexity index is 1160. The van der Waals surface area contributed by atoms with Crippen LogP contribution in [0.3, 0.4) is 0 Å². The highest BCUT2D eigenvalue weighted by molar-refractivity contribution is 5.71. The van der Waals surface area contributed by atoms with Crippen molar-refractivity contribution in [1.29, 1.82) is 0 Å². The molecule has 6 heteroatoms. The molecule has 6 nitrogen and oxygen atoms in total. The van der Waals surface area contributed by atoms with Gasteiger partial charge in [0.1, 0.15) is 13.2 Å². The molecular formula is C66H124O6. The van der Waals surface area contributed by atoms with E-state index in [4.69, 9.17) is 14.2 Å². The van der Waals surface area contributed by atoms with E-state index in [1.807, 2.05) is 0 Å². The van der Waals surface area contributed by atoms with E-state index in [9.17, 15) is 14.4 Å². The van der Waals surface area contributed by atoms with Crippen LogP contribution in [0.25, 0.3) is 0 Å². The predicted molar refractivity (Wildman–Crippen MR) is 312 cm³/mol. The van der Waals surface area contributed by atoms with Crippen LogP contribution in [0, 0.1) is 0 Å². The van der Waals surface area contributed by atoms with E-state index in [-0.39, 0.29) is 31.1 Å². The van der Waals surface area contributed by atoms with Crippen LogP contribution in [-0.2, 0) is 28.6 Å². The van der Waals surface area contributed by atoms with Gasteiger partial charge < -0.3 is 14.2 Å². The highest BCUT2D eigenvalue weighted by Gasteiger charge is 2.19. The van der Waals surface area contributed by atoms with E-state index in [0.29, 0.717) is 19.3 Å². The van der Waals surface area contributed by atoms with Crippen molar-refractivity contribution in [3.05, 3.63) is 24.3 Å². The maximum Gasteiger partial charge on any atom is 0.306 e. The van der Waals surface area contributed by atoms with E-state index in [1.54, 1.807) is 0 Å². The van der Waals surface area contributed by atoms with Gasteiger partial charge in [0.2, 0.25) is 0 Å². The summed E-state index contributed by atoms with van der Waals surface area (Å²) in [5.74, 6) is -0.853. The van der Waals surface area contributed by atoms with Gasteiger partial charge in [0.15, 0.2) is 6.10 Å². The number of hydrogen-bond acceptors (Lipinski definition) is 6. The van der Waals surface area contributed by atoms with Gasteiger partial charge in [0.05, 0.1) is 0 Å². The highest BCUT2D eigenvalue weighted by Crippen LogP contribution is 2.18. The third-order valence-corrected chi connectivity index (χ3v) is 14.7. The van der Waals surface area contributed by atoms with Crippen molar-refractivity contribution in [2.45, 2.75) is 367 Å². The fourth-order valence-electron chi connectivity index (χ4n) is 9.79. The molecule has 0 N–H and O–H groups in total. The molecule has 0 radical (unpaired) electrons. The van der Waals surface area contributed by atoms with Gasteiger partial charge >= 0.3 is 17.9 Å². The molecule has 0 rings (SSSR count). The fraction of sp³-hybridized carbons (Fsp3) is 0.894.